The summed E-state index contributed by atoms with van der Waals surface area (Å²) in [6, 6.07) is 4.98. The lowest BCUT2D eigenvalue weighted by Gasteiger charge is -1.95. The molecule has 1 aromatic carbocycles. The monoisotopic (exact) mass is 197 g/mol. The van der Waals surface area contributed by atoms with Crippen molar-refractivity contribution in [3.05, 3.63) is 28.2 Å². The van der Waals surface area contributed by atoms with E-state index in [1.165, 1.54) is 0 Å². The van der Waals surface area contributed by atoms with Gasteiger partial charge >= 0.3 is 0 Å². The predicted octanol–water partition coefficient (Wildman–Crippen LogP) is 3.00. The summed E-state index contributed by atoms with van der Waals surface area (Å²) in [6.45, 7) is 0. The number of halogens is 3. The second kappa shape index (κ2) is 3.91. The maximum Gasteiger partial charge on any atom is 0.0636 e. The van der Waals surface area contributed by atoms with Crippen LogP contribution in [-0.2, 0) is 0 Å². The highest BCUT2D eigenvalue weighted by molar-refractivity contribution is 6.35. The van der Waals surface area contributed by atoms with E-state index in [1.54, 1.807) is 18.2 Å². The second-order valence-corrected chi connectivity index (χ2v) is 2.51. The number of rotatable bonds is 0. The van der Waals surface area contributed by atoms with Gasteiger partial charge in [-0.05, 0) is 18.2 Å². The fourth-order valence-electron chi connectivity index (χ4n) is 0.515. The number of nitrogen functional groups attached to an aromatic ring is 1. The van der Waals surface area contributed by atoms with Gasteiger partial charge in [0, 0.05) is 5.02 Å². The summed E-state index contributed by atoms with van der Waals surface area (Å²) in [7, 11) is 0. The Labute approximate surface area is 75.5 Å². The van der Waals surface area contributed by atoms with Gasteiger partial charge < -0.3 is 5.73 Å². The molecule has 0 bridgehead atoms. The first-order valence-electron chi connectivity index (χ1n) is 2.40. The van der Waals surface area contributed by atoms with Crippen LogP contribution in [-0.4, -0.2) is 0 Å². The Morgan fingerprint density at radius 2 is 1.80 bits per heavy atom. The van der Waals surface area contributed by atoms with Crippen LogP contribution in [0, 0.1) is 0 Å². The number of hydrogen-bond acceptors (Lipinski definition) is 1. The minimum Gasteiger partial charge on any atom is -0.397 e. The third-order valence-corrected chi connectivity index (χ3v) is 1.54. The quantitative estimate of drug-likeness (QED) is 0.637. The van der Waals surface area contributed by atoms with Gasteiger partial charge in [-0.25, -0.2) is 0 Å². The van der Waals surface area contributed by atoms with E-state index in [-0.39, 0.29) is 12.4 Å². The topological polar surface area (TPSA) is 26.0 Å². The molecule has 0 aliphatic heterocycles. The van der Waals surface area contributed by atoms with Crippen molar-refractivity contribution in [1.82, 2.24) is 0 Å². The Morgan fingerprint density at radius 3 is 2.20 bits per heavy atom. The molecule has 2 N–H and O–H groups in total. The Hall–Kier alpha value is -0.110. The van der Waals surface area contributed by atoms with Crippen molar-refractivity contribution in [1.29, 1.82) is 0 Å². The maximum atomic E-state index is 5.60. The highest BCUT2D eigenvalue weighted by Gasteiger charge is 1.93. The molecule has 0 aromatic heterocycles. The standard InChI is InChI=1S/C6H5Cl2N.ClH/c7-4-1-2-5(8)6(9)3-4;/h1-3H,9H2;1H. The van der Waals surface area contributed by atoms with E-state index in [1.807, 2.05) is 0 Å². The van der Waals surface area contributed by atoms with Crippen molar-refractivity contribution in [2.75, 3.05) is 5.73 Å². The summed E-state index contributed by atoms with van der Waals surface area (Å²) in [5, 5.41) is 1.15. The van der Waals surface area contributed by atoms with Crippen LogP contribution in [0.15, 0.2) is 18.2 Å². The lowest BCUT2D eigenvalue weighted by Crippen LogP contribution is -1.83. The van der Waals surface area contributed by atoms with Crippen LogP contribution < -0.4 is 5.73 Å². The summed E-state index contributed by atoms with van der Waals surface area (Å²) < 4.78 is 0. The third-order valence-electron chi connectivity index (χ3n) is 0.958. The maximum absolute atomic E-state index is 5.60. The van der Waals surface area contributed by atoms with E-state index >= 15 is 0 Å². The van der Waals surface area contributed by atoms with Gasteiger partial charge in [0.25, 0.3) is 0 Å². The first kappa shape index (κ1) is 9.89. The summed E-state index contributed by atoms with van der Waals surface area (Å²) in [5.74, 6) is 0. The van der Waals surface area contributed by atoms with Crippen LogP contribution in [0.1, 0.15) is 0 Å². The number of benzene rings is 1. The first-order valence-corrected chi connectivity index (χ1v) is 3.16. The Kier molecular flexibility index (Phi) is 3.87. The van der Waals surface area contributed by atoms with Gasteiger partial charge in [-0.2, -0.15) is 0 Å². The average molecular weight is 198 g/mol. The van der Waals surface area contributed by atoms with Gasteiger partial charge in [0.15, 0.2) is 0 Å². The van der Waals surface area contributed by atoms with Crippen LogP contribution in [0.4, 0.5) is 5.69 Å². The smallest absolute Gasteiger partial charge is 0.0636 e. The molecular weight excluding hydrogens is 192 g/mol. The van der Waals surface area contributed by atoms with Crippen LogP contribution in [0.5, 0.6) is 0 Å². The lowest BCUT2D eigenvalue weighted by atomic mass is 10.3. The van der Waals surface area contributed by atoms with E-state index in [2.05, 4.69) is 0 Å². The molecule has 0 saturated heterocycles. The summed E-state index contributed by atoms with van der Waals surface area (Å²) >= 11 is 11.2. The van der Waals surface area contributed by atoms with Crippen molar-refractivity contribution in [3.63, 3.8) is 0 Å². The van der Waals surface area contributed by atoms with Crippen molar-refractivity contribution < 1.29 is 0 Å². The molecule has 0 atom stereocenters. The first-order chi connectivity index (χ1) is 4.20. The van der Waals surface area contributed by atoms with E-state index < -0.39 is 0 Å². The normalized spacial score (nSPS) is 8.60. The fourth-order valence-corrected chi connectivity index (χ4v) is 0.813. The number of nitrogens with two attached hydrogens (primary N) is 1. The minimum atomic E-state index is 0. The van der Waals surface area contributed by atoms with Gasteiger partial charge in [-0.1, -0.05) is 23.2 Å². The Bertz CT molecular complexity index is 224. The van der Waals surface area contributed by atoms with Gasteiger partial charge in [-0.15, -0.1) is 12.4 Å². The highest BCUT2D eigenvalue weighted by Crippen LogP contribution is 2.21. The van der Waals surface area contributed by atoms with Crippen LogP contribution in [0.25, 0.3) is 0 Å². The molecule has 1 aromatic rings. The molecule has 0 radical (unpaired) electrons. The van der Waals surface area contributed by atoms with Gasteiger partial charge in [0.1, 0.15) is 0 Å². The highest BCUT2D eigenvalue weighted by atomic mass is 35.5. The largest absolute Gasteiger partial charge is 0.397 e. The molecule has 0 aliphatic rings. The van der Waals surface area contributed by atoms with E-state index in [0.717, 1.165) is 0 Å². The lowest BCUT2D eigenvalue weighted by molar-refractivity contribution is 1.68. The van der Waals surface area contributed by atoms with Gasteiger partial charge in [0.05, 0.1) is 10.7 Å². The molecule has 1 nitrogen and oxygen atoms in total. The number of hydrogen-bond donors (Lipinski definition) is 1. The molecule has 0 unspecified atom stereocenters. The van der Waals surface area contributed by atoms with Crippen molar-refractivity contribution in [2.45, 2.75) is 0 Å². The van der Waals surface area contributed by atoms with Crippen molar-refractivity contribution >= 4 is 41.3 Å². The molecule has 1 rings (SSSR count). The third kappa shape index (κ3) is 2.25. The molecule has 56 valence electrons. The van der Waals surface area contributed by atoms with E-state index in [4.69, 9.17) is 28.9 Å². The molecule has 0 amide bonds. The van der Waals surface area contributed by atoms with Gasteiger partial charge in [0.2, 0.25) is 0 Å². The molecule has 0 spiro atoms. The molecule has 0 fully saturated rings. The second-order valence-electron chi connectivity index (χ2n) is 1.67. The molecule has 0 saturated carbocycles. The zero-order valence-electron chi connectivity index (χ0n) is 4.97. The fraction of sp³-hybridized carbons (Fsp3) is 0. The average Bonchev–Trinajstić information content (AvgIpc) is 1.80. The summed E-state index contributed by atoms with van der Waals surface area (Å²) in [4.78, 5) is 0. The van der Waals surface area contributed by atoms with Crippen molar-refractivity contribution in [2.24, 2.45) is 0 Å². The van der Waals surface area contributed by atoms with Crippen LogP contribution >= 0.6 is 35.6 Å². The molecule has 4 heteroatoms. The summed E-state index contributed by atoms with van der Waals surface area (Å²) in [5.41, 5.74) is 5.92. The minimum absolute atomic E-state index is 0. The SMILES string of the molecule is Cl.Nc1cc(Cl)ccc1Cl. The molecule has 0 aliphatic carbocycles. The van der Waals surface area contributed by atoms with E-state index in [0.29, 0.717) is 15.7 Å². The molecular formula is C6H6Cl3N. The number of anilines is 1. The van der Waals surface area contributed by atoms with E-state index in [9.17, 15) is 0 Å². The molecule has 10 heavy (non-hydrogen) atoms. The van der Waals surface area contributed by atoms with Crippen LogP contribution in [0.3, 0.4) is 0 Å². The predicted molar refractivity (Wildman–Crippen MR) is 48.1 cm³/mol. The Morgan fingerprint density at radius 1 is 1.20 bits per heavy atom. The van der Waals surface area contributed by atoms with Crippen molar-refractivity contribution in [3.8, 4) is 0 Å². The zero-order chi connectivity index (χ0) is 6.85. The molecule has 0 heterocycles. The van der Waals surface area contributed by atoms with Gasteiger partial charge in [-0.3, -0.25) is 0 Å². The Balaban J connectivity index is 0.000000810. The zero-order valence-corrected chi connectivity index (χ0v) is 7.30. The summed E-state index contributed by atoms with van der Waals surface area (Å²) in [6.07, 6.45) is 0. The van der Waals surface area contributed by atoms with Crippen LogP contribution in [0.2, 0.25) is 10.0 Å².